The Hall–Kier alpha value is -1.07. The quantitative estimate of drug-likeness (QED) is 0.840. The molecule has 0 spiro atoms. The predicted octanol–water partition coefficient (Wildman–Crippen LogP) is 2.45. The molecule has 1 aliphatic heterocycles. The number of benzene rings is 1. The standard InChI is InChI=1S/C16H26N2O2S/c1-3-12-21(19,20)16-10-6-5-9-15(16)18-11-7-8-14(18)13-17-4-2/h5-6,9-10,14,17H,3-4,7-8,11-13H2,1-2H3. The summed E-state index contributed by atoms with van der Waals surface area (Å²) in [5.74, 6) is 0.218. The molecule has 1 aliphatic rings. The minimum atomic E-state index is -3.18. The van der Waals surface area contributed by atoms with Crippen molar-refractivity contribution in [3.63, 3.8) is 0 Å². The minimum absolute atomic E-state index is 0.218. The second kappa shape index (κ2) is 7.27. The predicted molar refractivity (Wildman–Crippen MR) is 87.7 cm³/mol. The first-order valence-electron chi connectivity index (χ1n) is 7.89. The molecule has 1 fully saturated rings. The van der Waals surface area contributed by atoms with Gasteiger partial charge in [-0.25, -0.2) is 8.42 Å². The average molecular weight is 310 g/mol. The van der Waals surface area contributed by atoms with Gasteiger partial charge in [0.15, 0.2) is 9.84 Å². The number of likely N-dealkylation sites (N-methyl/N-ethyl adjacent to an activating group) is 1. The van der Waals surface area contributed by atoms with E-state index in [0.29, 0.717) is 17.4 Å². The number of anilines is 1. The monoisotopic (exact) mass is 310 g/mol. The Morgan fingerprint density at radius 1 is 1.29 bits per heavy atom. The van der Waals surface area contributed by atoms with Gasteiger partial charge in [-0.15, -0.1) is 0 Å². The van der Waals surface area contributed by atoms with Crippen molar-refractivity contribution in [2.24, 2.45) is 0 Å². The Balaban J connectivity index is 2.31. The zero-order chi connectivity index (χ0) is 15.3. The van der Waals surface area contributed by atoms with Crippen molar-refractivity contribution in [1.29, 1.82) is 0 Å². The SMILES string of the molecule is CCCS(=O)(=O)c1ccccc1N1CCCC1CNCC. The Kier molecular flexibility index (Phi) is 5.65. The maximum absolute atomic E-state index is 12.5. The van der Waals surface area contributed by atoms with E-state index >= 15 is 0 Å². The van der Waals surface area contributed by atoms with Crippen molar-refractivity contribution in [3.8, 4) is 0 Å². The molecule has 1 aromatic carbocycles. The van der Waals surface area contributed by atoms with Crippen LogP contribution in [0, 0.1) is 0 Å². The summed E-state index contributed by atoms with van der Waals surface area (Å²) in [5.41, 5.74) is 0.881. The van der Waals surface area contributed by atoms with Gasteiger partial charge in [-0.2, -0.15) is 0 Å². The Morgan fingerprint density at radius 2 is 2.05 bits per heavy atom. The lowest BCUT2D eigenvalue weighted by molar-refractivity contribution is 0.580. The van der Waals surface area contributed by atoms with Gasteiger partial charge in [-0.3, -0.25) is 0 Å². The number of hydrogen-bond donors (Lipinski definition) is 1. The molecule has 0 saturated carbocycles. The summed E-state index contributed by atoms with van der Waals surface area (Å²) in [7, 11) is -3.18. The van der Waals surface area contributed by atoms with Gasteiger partial charge < -0.3 is 10.2 Å². The molecule has 21 heavy (non-hydrogen) atoms. The van der Waals surface area contributed by atoms with E-state index in [1.54, 1.807) is 6.07 Å². The Labute approximate surface area is 128 Å². The van der Waals surface area contributed by atoms with Gasteiger partial charge in [0, 0.05) is 19.1 Å². The molecule has 5 heteroatoms. The van der Waals surface area contributed by atoms with Crippen molar-refractivity contribution in [2.75, 3.05) is 30.3 Å². The van der Waals surface area contributed by atoms with Crippen LogP contribution in [-0.4, -0.2) is 39.8 Å². The highest BCUT2D eigenvalue weighted by molar-refractivity contribution is 7.91. The summed E-state index contributed by atoms with van der Waals surface area (Å²) in [4.78, 5) is 2.76. The number of para-hydroxylation sites is 1. The molecular formula is C16H26N2O2S. The first-order valence-corrected chi connectivity index (χ1v) is 9.54. The molecule has 1 atom stereocenters. The maximum Gasteiger partial charge on any atom is 0.180 e. The fraction of sp³-hybridized carbons (Fsp3) is 0.625. The molecule has 1 unspecified atom stereocenters. The molecule has 1 N–H and O–H groups in total. The largest absolute Gasteiger partial charge is 0.366 e. The van der Waals surface area contributed by atoms with Gasteiger partial charge in [0.1, 0.15) is 0 Å². The second-order valence-corrected chi connectivity index (χ2v) is 7.66. The zero-order valence-corrected chi connectivity index (χ0v) is 13.8. The van der Waals surface area contributed by atoms with Crippen molar-refractivity contribution >= 4 is 15.5 Å². The van der Waals surface area contributed by atoms with Crippen LogP contribution in [0.4, 0.5) is 5.69 Å². The van der Waals surface area contributed by atoms with Crippen LogP contribution >= 0.6 is 0 Å². The maximum atomic E-state index is 12.5. The number of rotatable bonds is 7. The van der Waals surface area contributed by atoms with E-state index < -0.39 is 9.84 Å². The van der Waals surface area contributed by atoms with Crippen LogP contribution in [0.15, 0.2) is 29.2 Å². The molecule has 0 aromatic heterocycles. The van der Waals surface area contributed by atoms with E-state index in [4.69, 9.17) is 0 Å². The number of sulfone groups is 1. The van der Waals surface area contributed by atoms with Gasteiger partial charge in [0.05, 0.1) is 16.3 Å². The summed E-state index contributed by atoms with van der Waals surface area (Å²) in [6, 6.07) is 7.85. The summed E-state index contributed by atoms with van der Waals surface area (Å²) in [6.45, 7) is 6.80. The molecule has 118 valence electrons. The van der Waals surface area contributed by atoms with E-state index in [9.17, 15) is 8.42 Å². The van der Waals surface area contributed by atoms with Crippen LogP contribution in [-0.2, 0) is 9.84 Å². The highest BCUT2D eigenvalue weighted by atomic mass is 32.2. The van der Waals surface area contributed by atoms with Gasteiger partial charge in [-0.1, -0.05) is 26.0 Å². The molecule has 2 rings (SSSR count). The van der Waals surface area contributed by atoms with Crippen LogP contribution in [0.25, 0.3) is 0 Å². The molecule has 0 radical (unpaired) electrons. The number of nitrogens with one attached hydrogen (secondary N) is 1. The van der Waals surface area contributed by atoms with Gasteiger partial charge in [0.2, 0.25) is 0 Å². The third kappa shape index (κ3) is 3.77. The molecule has 1 heterocycles. The molecule has 0 amide bonds. The smallest absolute Gasteiger partial charge is 0.180 e. The molecule has 1 saturated heterocycles. The summed E-state index contributed by atoms with van der Waals surface area (Å²) in [5, 5.41) is 3.38. The Bertz CT molecular complexity index is 557. The van der Waals surface area contributed by atoms with Crippen LogP contribution in [0.1, 0.15) is 33.1 Å². The first-order chi connectivity index (χ1) is 10.1. The molecular weight excluding hydrogens is 284 g/mol. The third-order valence-electron chi connectivity index (χ3n) is 3.99. The van der Waals surface area contributed by atoms with Gasteiger partial charge in [0.25, 0.3) is 0 Å². The highest BCUT2D eigenvalue weighted by Crippen LogP contribution is 2.31. The van der Waals surface area contributed by atoms with Crippen molar-refractivity contribution < 1.29 is 8.42 Å². The normalized spacial score (nSPS) is 19.1. The average Bonchev–Trinajstić information content (AvgIpc) is 2.93. The molecule has 0 bridgehead atoms. The number of hydrogen-bond acceptors (Lipinski definition) is 4. The number of nitrogens with zero attached hydrogens (tertiary/aromatic N) is 1. The van der Waals surface area contributed by atoms with Crippen molar-refractivity contribution in [3.05, 3.63) is 24.3 Å². The summed E-state index contributed by atoms with van der Waals surface area (Å²) >= 11 is 0. The lowest BCUT2D eigenvalue weighted by Gasteiger charge is -2.29. The lowest BCUT2D eigenvalue weighted by Crippen LogP contribution is -2.38. The topological polar surface area (TPSA) is 49.4 Å². The van der Waals surface area contributed by atoms with Crippen LogP contribution in [0.5, 0.6) is 0 Å². The van der Waals surface area contributed by atoms with Crippen LogP contribution < -0.4 is 10.2 Å². The van der Waals surface area contributed by atoms with Crippen LogP contribution in [0.2, 0.25) is 0 Å². The first kappa shape index (κ1) is 16.3. The molecule has 0 aliphatic carbocycles. The van der Waals surface area contributed by atoms with E-state index in [-0.39, 0.29) is 5.75 Å². The van der Waals surface area contributed by atoms with Crippen molar-refractivity contribution in [1.82, 2.24) is 5.32 Å². The Morgan fingerprint density at radius 3 is 2.76 bits per heavy atom. The van der Waals surface area contributed by atoms with Gasteiger partial charge >= 0.3 is 0 Å². The lowest BCUT2D eigenvalue weighted by atomic mass is 10.2. The highest BCUT2D eigenvalue weighted by Gasteiger charge is 2.28. The summed E-state index contributed by atoms with van der Waals surface area (Å²) < 4.78 is 25.0. The van der Waals surface area contributed by atoms with E-state index in [0.717, 1.165) is 38.2 Å². The van der Waals surface area contributed by atoms with Crippen LogP contribution in [0.3, 0.4) is 0 Å². The van der Waals surface area contributed by atoms with Gasteiger partial charge in [-0.05, 0) is 37.9 Å². The summed E-state index contributed by atoms with van der Waals surface area (Å²) in [6.07, 6.45) is 2.89. The fourth-order valence-corrected chi connectivity index (χ4v) is 4.56. The van der Waals surface area contributed by atoms with E-state index in [1.807, 2.05) is 25.1 Å². The molecule has 4 nitrogen and oxygen atoms in total. The minimum Gasteiger partial charge on any atom is -0.366 e. The molecule has 1 aromatic rings. The van der Waals surface area contributed by atoms with E-state index in [2.05, 4.69) is 17.1 Å². The zero-order valence-electron chi connectivity index (χ0n) is 13.0. The third-order valence-corrected chi connectivity index (χ3v) is 5.95. The fourth-order valence-electron chi connectivity index (χ4n) is 3.01. The van der Waals surface area contributed by atoms with E-state index in [1.165, 1.54) is 0 Å². The van der Waals surface area contributed by atoms with Crippen molar-refractivity contribution in [2.45, 2.75) is 44.0 Å². The second-order valence-electron chi connectivity index (χ2n) is 5.58.